The minimum absolute atomic E-state index is 0.139. The number of hydrogen-bond acceptors (Lipinski definition) is 5. The average Bonchev–Trinajstić information content (AvgIpc) is 2.37. The predicted molar refractivity (Wildman–Crippen MR) is 77.5 cm³/mol. The van der Waals surface area contributed by atoms with Gasteiger partial charge in [-0.05, 0) is 18.6 Å². The van der Waals surface area contributed by atoms with Crippen molar-refractivity contribution in [1.82, 2.24) is 0 Å². The predicted octanol–water partition coefficient (Wildman–Crippen LogP) is 3.31. The molecule has 0 saturated heterocycles. The molecule has 0 fully saturated rings. The second kappa shape index (κ2) is 5.75. The fourth-order valence-electron chi connectivity index (χ4n) is 1.71. The summed E-state index contributed by atoms with van der Waals surface area (Å²) < 4.78 is 0. The number of nitro groups is 1. The molecule has 0 amide bonds. The van der Waals surface area contributed by atoms with Gasteiger partial charge >= 0.3 is 0 Å². The lowest BCUT2D eigenvalue weighted by Crippen LogP contribution is -2.22. The molecule has 0 heterocycles. The van der Waals surface area contributed by atoms with E-state index in [4.69, 9.17) is 5.26 Å². The van der Waals surface area contributed by atoms with E-state index in [1.165, 1.54) is 12.1 Å². The molecule has 0 aliphatic rings. The van der Waals surface area contributed by atoms with Crippen LogP contribution in [0, 0.1) is 33.8 Å². The maximum atomic E-state index is 12.1. The van der Waals surface area contributed by atoms with Crippen LogP contribution >= 0.6 is 0 Å². The van der Waals surface area contributed by atoms with Gasteiger partial charge in [0.05, 0.1) is 10.5 Å². The minimum Gasteiger partial charge on any atom is -0.506 e. The summed E-state index contributed by atoms with van der Waals surface area (Å²) in [5.41, 5.74) is -1.20. The van der Waals surface area contributed by atoms with E-state index in [1.807, 2.05) is 0 Å². The monoisotopic (exact) mass is 288 g/mol. The Morgan fingerprint density at radius 2 is 1.95 bits per heavy atom. The van der Waals surface area contributed by atoms with Crippen LogP contribution in [0.5, 0.6) is 0 Å². The zero-order chi connectivity index (χ0) is 16.4. The van der Waals surface area contributed by atoms with Gasteiger partial charge in [0.15, 0.2) is 11.5 Å². The fraction of sp³-hybridized carbons (Fsp3) is 0.333. The highest BCUT2D eigenvalue weighted by Gasteiger charge is 2.30. The van der Waals surface area contributed by atoms with Crippen LogP contribution < -0.4 is 0 Å². The van der Waals surface area contributed by atoms with Crippen LogP contribution in [0.25, 0.3) is 5.76 Å². The third-order valence-electron chi connectivity index (χ3n) is 2.86. The lowest BCUT2D eigenvalue weighted by Gasteiger charge is -2.16. The lowest BCUT2D eigenvalue weighted by molar-refractivity contribution is -0.385. The summed E-state index contributed by atoms with van der Waals surface area (Å²) >= 11 is 0. The molecule has 0 aliphatic heterocycles. The van der Waals surface area contributed by atoms with Crippen LogP contribution in [0.1, 0.15) is 31.9 Å². The molecule has 1 rings (SSSR count). The van der Waals surface area contributed by atoms with Gasteiger partial charge < -0.3 is 5.11 Å². The van der Waals surface area contributed by atoms with E-state index in [1.54, 1.807) is 39.8 Å². The molecule has 21 heavy (non-hydrogen) atoms. The van der Waals surface area contributed by atoms with E-state index in [0.717, 1.165) is 0 Å². The number of ketones is 1. The van der Waals surface area contributed by atoms with E-state index in [0.29, 0.717) is 5.56 Å². The third kappa shape index (κ3) is 3.45. The van der Waals surface area contributed by atoms with Crippen molar-refractivity contribution in [2.24, 2.45) is 5.41 Å². The number of aliphatic hydroxyl groups is 1. The van der Waals surface area contributed by atoms with Crippen LogP contribution in [0.3, 0.4) is 0 Å². The van der Waals surface area contributed by atoms with Crippen molar-refractivity contribution in [2.75, 3.05) is 0 Å². The van der Waals surface area contributed by atoms with Gasteiger partial charge in [-0.25, -0.2) is 0 Å². The molecule has 0 spiro atoms. The number of aliphatic hydroxyl groups excluding tert-OH is 1. The maximum Gasteiger partial charge on any atom is 0.280 e. The quantitative estimate of drug-likeness (QED) is 0.302. The summed E-state index contributed by atoms with van der Waals surface area (Å²) in [4.78, 5) is 22.6. The summed E-state index contributed by atoms with van der Waals surface area (Å²) in [5, 5.41) is 30.3. The first-order valence-corrected chi connectivity index (χ1v) is 6.23. The number of carbonyl (C=O) groups excluding carboxylic acids is 1. The van der Waals surface area contributed by atoms with Crippen molar-refractivity contribution in [2.45, 2.75) is 27.7 Å². The summed E-state index contributed by atoms with van der Waals surface area (Å²) in [6, 6.07) is 5.82. The molecule has 0 atom stereocenters. The Hall–Kier alpha value is -2.68. The van der Waals surface area contributed by atoms with Crippen LogP contribution in [0.4, 0.5) is 5.69 Å². The number of nitrogens with zero attached hydrogens (tertiary/aromatic N) is 2. The van der Waals surface area contributed by atoms with Crippen LogP contribution in [0.2, 0.25) is 0 Å². The number of benzene rings is 1. The molecule has 0 bridgehead atoms. The van der Waals surface area contributed by atoms with Crippen molar-refractivity contribution >= 4 is 17.2 Å². The van der Waals surface area contributed by atoms with Gasteiger partial charge in [-0.3, -0.25) is 14.9 Å². The number of hydrogen-bond donors (Lipinski definition) is 1. The van der Waals surface area contributed by atoms with E-state index in [9.17, 15) is 20.0 Å². The molecule has 1 aromatic carbocycles. The first-order chi connectivity index (χ1) is 9.59. The largest absolute Gasteiger partial charge is 0.506 e. The van der Waals surface area contributed by atoms with Crippen molar-refractivity contribution < 1.29 is 14.8 Å². The van der Waals surface area contributed by atoms with Crippen molar-refractivity contribution in [1.29, 1.82) is 5.26 Å². The minimum atomic E-state index is -0.876. The zero-order valence-electron chi connectivity index (χ0n) is 12.3. The molecule has 0 aliphatic carbocycles. The molecule has 0 aromatic heterocycles. The lowest BCUT2D eigenvalue weighted by atomic mass is 9.85. The van der Waals surface area contributed by atoms with E-state index in [2.05, 4.69) is 0 Å². The van der Waals surface area contributed by atoms with Gasteiger partial charge in [0.25, 0.3) is 5.69 Å². The molecule has 1 aromatic rings. The summed E-state index contributed by atoms with van der Waals surface area (Å²) in [6.45, 7) is 6.47. The first kappa shape index (κ1) is 16.4. The van der Waals surface area contributed by atoms with Gasteiger partial charge in [-0.2, -0.15) is 5.26 Å². The molecule has 1 N–H and O–H groups in total. The van der Waals surface area contributed by atoms with Gasteiger partial charge in [0.2, 0.25) is 0 Å². The average molecular weight is 288 g/mol. The number of nitro benzene ring substituents is 1. The topological polar surface area (TPSA) is 104 Å². The Morgan fingerprint density at radius 1 is 1.38 bits per heavy atom. The third-order valence-corrected chi connectivity index (χ3v) is 2.86. The number of allylic oxidation sites excluding steroid dienone is 1. The van der Waals surface area contributed by atoms with Gasteiger partial charge in [-0.1, -0.05) is 26.8 Å². The molecule has 0 saturated carbocycles. The SMILES string of the molecule is Cc1ccc(/C(O)=C(\C#N)C(=O)C(C)(C)C)c([N+](=O)[O-])c1. The molecular formula is C15H16N2O4. The van der Waals surface area contributed by atoms with Gasteiger partial charge in [-0.15, -0.1) is 0 Å². The molecule has 6 nitrogen and oxygen atoms in total. The van der Waals surface area contributed by atoms with E-state index < -0.39 is 27.5 Å². The first-order valence-electron chi connectivity index (χ1n) is 6.23. The van der Waals surface area contributed by atoms with Gasteiger partial charge in [0, 0.05) is 11.5 Å². The molecule has 110 valence electrons. The van der Waals surface area contributed by atoms with Crippen LogP contribution in [0.15, 0.2) is 23.8 Å². The second-order valence-corrected chi connectivity index (χ2v) is 5.69. The number of rotatable bonds is 3. The normalized spacial score (nSPS) is 12.3. The Morgan fingerprint density at radius 3 is 2.38 bits per heavy atom. The summed E-state index contributed by atoms with van der Waals surface area (Å²) in [5.74, 6) is -1.23. The highest BCUT2D eigenvalue weighted by Crippen LogP contribution is 2.30. The van der Waals surface area contributed by atoms with Crippen molar-refractivity contribution in [3.05, 3.63) is 45.0 Å². The summed E-state index contributed by atoms with van der Waals surface area (Å²) in [7, 11) is 0. The Balaban J connectivity index is 3.58. The zero-order valence-corrected chi connectivity index (χ0v) is 12.3. The highest BCUT2D eigenvalue weighted by molar-refractivity contribution is 6.08. The molecule has 0 radical (unpaired) electrons. The molecule has 0 unspecified atom stereocenters. The highest BCUT2D eigenvalue weighted by atomic mass is 16.6. The number of carbonyl (C=O) groups is 1. The smallest absolute Gasteiger partial charge is 0.280 e. The number of aryl methyl sites for hydroxylation is 1. The van der Waals surface area contributed by atoms with Crippen molar-refractivity contribution in [3.8, 4) is 6.07 Å². The number of Topliss-reactive ketones (excluding diaryl/α,β-unsaturated/α-hetero) is 1. The van der Waals surface area contributed by atoms with E-state index >= 15 is 0 Å². The van der Waals surface area contributed by atoms with Crippen LogP contribution in [-0.2, 0) is 4.79 Å². The van der Waals surface area contributed by atoms with Crippen molar-refractivity contribution in [3.63, 3.8) is 0 Å². The molecule has 6 heteroatoms. The Bertz CT molecular complexity index is 676. The Kier molecular flexibility index (Phi) is 4.48. The van der Waals surface area contributed by atoms with Crippen LogP contribution in [-0.4, -0.2) is 15.8 Å². The maximum absolute atomic E-state index is 12.1. The standard InChI is InChI=1S/C15H16N2O4/c1-9-5-6-10(12(7-9)17(20)21)13(18)11(8-16)14(19)15(2,3)4/h5-7,18H,1-4H3/b13-11-. The summed E-state index contributed by atoms with van der Waals surface area (Å²) in [6.07, 6.45) is 0. The number of nitriles is 1. The fourth-order valence-corrected chi connectivity index (χ4v) is 1.71. The molecular weight excluding hydrogens is 272 g/mol. The Labute approximate surface area is 122 Å². The van der Waals surface area contributed by atoms with Gasteiger partial charge in [0.1, 0.15) is 11.6 Å². The van der Waals surface area contributed by atoms with E-state index in [-0.39, 0.29) is 11.3 Å². The second-order valence-electron chi connectivity index (χ2n) is 5.69.